The Morgan fingerprint density at radius 3 is 2.35 bits per heavy atom. The first-order chi connectivity index (χ1) is 11.0. The van der Waals surface area contributed by atoms with Crippen LogP contribution in [0, 0.1) is 5.92 Å². The van der Waals surface area contributed by atoms with E-state index in [2.05, 4.69) is 18.7 Å². The van der Waals surface area contributed by atoms with E-state index in [4.69, 9.17) is 11.6 Å². The molecule has 1 aliphatic heterocycles. The Bertz CT molecular complexity index is 557. The molecule has 1 aromatic rings. The molecule has 1 aromatic carbocycles. The van der Waals surface area contributed by atoms with E-state index in [1.807, 2.05) is 24.3 Å². The Morgan fingerprint density at radius 2 is 1.83 bits per heavy atom. The molecule has 0 aromatic heterocycles. The number of halogens is 1. The molecule has 0 saturated carbocycles. The van der Waals surface area contributed by atoms with Gasteiger partial charge in [0, 0.05) is 39.8 Å². The highest BCUT2D eigenvalue weighted by Gasteiger charge is 2.39. The zero-order valence-electron chi connectivity index (χ0n) is 14.1. The van der Waals surface area contributed by atoms with Gasteiger partial charge >= 0.3 is 0 Å². The maximum Gasteiger partial charge on any atom is 0.227 e. The van der Waals surface area contributed by atoms with Gasteiger partial charge in [0.2, 0.25) is 5.91 Å². The zero-order chi connectivity index (χ0) is 17.0. The summed E-state index contributed by atoms with van der Waals surface area (Å²) in [7, 11) is -0.940. The van der Waals surface area contributed by atoms with Gasteiger partial charge < -0.3 is 4.90 Å². The Labute approximate surface area is 146 Å². The number of nitrogens with zero attached hydrogens (tertiary/aromatic N) is 1. The van der Waals surface area contributed by atoms with Crippen LogP contribution in [0.25, 0.3) is 0 Å². The van der Waals surface area contributed by atoms with Crippen molar-refractivity contribution >= 4 is 28.3 Å². The Kier molecular flexibility index (Phi) is 6.66. The van der Waals surface area contributed by atoms with E-state index in [0.717, 1.165) is 31.2 Å². The van der Waals surface area contributed by atoms with Crippen molar-refractivity contribution in [3.8, 4) is 0 Å². The first-order valence-corrected chi connectivity index (χ1v) is 10.5. The van der Waals surface area contributed by atoms with Gasteiger partial charge in [0.25, 0.3) is 0 Å². The van der Waals surface area contributed by atoms with Crippen molar-refractivity contribution in [1.29, 1.82) is 0 Å². The lowest BCUT2D eigenvalue weighted by Crippen LogP contribution is -2.49. The van der Waals surface area contributed by atoms with E-state index in [1.165, 1.54) is 0 Å². The molecule has 0 radical (unpaired) electrons. The standard InChI is InChI=1S/C18H26ClNO2S/c1-4-16(5-2)20-17(13-6-9-15(19)10-7-13)11-8-14(18(20)21)12-23(3)22/h6-7,9-10,14,16-17H,4-5,8,11-12H2,1-3H3. The van der Waals surface area contributed by atoms with Crippen molar-refractivity contribution in [2.45, 2.75) is 51.6 Å². The van der Waals surface area contributed by atoms with E-state index in [-0.39, 0.29) is 23.9 Å². The summed E-state index contributed by atoms with van der Waals surface area (Å²) in [6.45, 7) is 4.25. The fourth-order valence-corrected chi connectivity index (χ4v) is 4.55. The molecular weight excluding hydrogens is 330 g/mol. The second kappa shape index (κ2) is 8.29. The first kappa shape index (κ1) is 18.5. The van der Waals surface area contributed by atoms with Crippen LogP contribution in [0.15, 0.2) is 24.3 Å². The summed E-state index contributed by atoms with van der Waals surface area (Å²) in [6, 6.07) is 8.16. The first-order valence-electron chi connectivity index (χ1n) is 8.35. The molecule has 3 atom stereocenters. The number of carbonyl (C=O) groups is 1. The Hall–Kier alpha value is -0.870. The molecule has 1 aliphatic rings. The molecular formula is C18H26ClNO2S. The fourth-order valence-electron chi connectivity index (χ4n) is 3.55. The number of hydrogen-bond acceptors (Lipinski definition) is 2. The summed E-state index contributed by atoms with van der Waals surface area (Å²) in [6.07, 6.45) is 5.29. The van der Waals surface area contributed by atoms with Gasteiger partial charge in [-0.05, 0) is 43.4 Å². The smallest absolute Gasteiger partial charge is 0.227 e. The van der Waals surface area contributed by atoms with Gasteiger partial charge in [-0.2, -0.15) is 0 Å². The van der Waals surface area contributed by atoms with Crippen molar-refractivity contribution in [1.82, 2.24) is 4.90 Å². The van der Waals surface area contributed by atoms with Crippen LogP contribution >= 0.6 is 11.6 Å². The fraction of sp³-hybridized carbons (Fsp3) is 0.611. The minimum Gasteiger partial charge on any atom is -0.332 e. The molecule has 1 saturated heterocycles. The summed E-state index contributed by atoms with van der Waals surface area (Å²) in [5.41, 5.74) is 1.14. The monoisotopic (exact) mass is 355 g/mol. The second-order valence-corrected chi connectivity index (χ2v) is 8.21. The molecule has 0 aliphatic carbocycles. The molecule has 1 fully saturated rings. The SMILES string of the molecule is CCC(CC)N1C(=O)C(CS(C)=O)CCC1c1ccc(Cl)cc1. The molecule has 2 rings (SSSR count). The third kappa shape index (κ3) is 4.36. The third-order valence-corrected chi connectivity index (χ3v) is 5.88. The predicted octanol–water partition coefficient (Wildman–Crippen LogP) is 4.19. The van der Waals surface area contributed by atoms with Crippen LogP contribution in [0.2, 0.25) is 5.02 Å². The van der Waals surface area contributed by atoms with Crippen molar-refractivity contribution in [2.75, 3.05) is 12.0 Å². The van der Waals surface area contributed by atoms with Crippen LogP contribution in [0.5, 0.6) is 0 Å². The van der Waals surface area contributed by atoms with Gasteiger partial charge in [0.15, 0.2) is 0 Å². The van der Waals surface area contributed by atoms with Gasteiger partial charge in [0.1, 0.15) is 0 Å². The highest BCUT2D eigenvalue weighted by atomic mass is 35.5. The summed E-state index contributed by atoms with van der Waals surface area (Å²) in [5.74, 6) is 0.535. The topological polar surface area (TPSA) is 37.4 Å². The van der Waals surface area contributed by atoms with Crippen LogP contribution in [0.1, 0.15) is 51.1 Å². The highest BCUT2D eigenvalue weighted by molar-refractivity contribution is 7.84. The van der Waals surface area contributed by atoms with Gasteiger partial charge in [-0.1, -0.05) is 37.6 Å². The van der Waals surface area contributed by atoms with Crippen LogP contribution in [0.3, 0.4) is 0 Å². The molecule has 1 amide bonds. The summed E-state index contributed by atoms with van der Waals surface area (Å²) >= 11 is 6.00. The van der Waals surface area contributed by atoms with Gasteiger partial charge in [-0.15, -0.1) is 0 Å². The Morgan fingerprint density at radius 1 is 1.22 bits per heavy atom. The molecule has 0 spiro atoms. The molecule has 5 heteroatoms. The summed E-state index contributed by atoms with van der Waals surface area (Å²) in [4.78, 5) is 15.1. The van der Waals surface area contributed by atoms with E-state index >= 15 is 0 Å². The predicted molar refractivity (Wildman–Crippen MR) is 97.1 cm³/mol. The lowest BCUT2D eigenvalue weighted by atomic mass is 9.87. The van der Waals surface area contributed by atoms with Crippen LogP contribution < -0.4 is 0 Å². The minimum atomic E-state index is -0.940. The number of carbonyl (C=O) groups excluding carboxylic acids is 1. The van der Waals surface area contributed by atoms with Crippen LogP contribution in [-0.2, 0) is 15.6 Å². The molecule has 3 nitrogen and oxygen atoms in total. The van der Waals surface area contributed by atoms with Gasteiger partial charge in [-0.25, -0.2) is 0 Å². The van der Waals surface area contributed by atoms with Crippen molar-refractivity contribution < 1.29 is 9.00 Å². The van der Waals surface area contributed by atoms with Crippen LogP contribution in [0.4, 0.5) is 0 Å². The maximum atomic E-state index is 13.0. The lowest BCUT2D eigenvalue weighted by molar-refractivity contribution is -0.144. The zero-order valence-corrected chi connectivity index (χ0v) is 15.7. The van der Waals surface area contributed by atoms with E-state index in [1.54, 1.807) is 6.26 Å². The maximum absolute atomic E-state index is 13.0. The largest absolute Gasteiger partial charge is 0.332 e. The number of likely N-dealkylation sites (tertiary alicyclic amines) is 1. The molecule has 23 heavy (non-hydrogen) atoms. The molecule has 0 bridgehead atoms. The normalized spacial score (nSPS) is 23.3. The minimum absolute atomic E-state index is 0.103. The molecule has 0 N–H and O–H groups in total. The molecule has 3 unspecified atom stereocenters. The van der Waals surface area contributed by atoms with Crippen molar-refractivity contribution in [2.24, 2.45) is 5.92 Å². The summed E-state index contributed by atoms with van der Waals surface area (Å²) < 4.78 is 11.6. The summed E-state index contributed by atoms with van der Waals surface area (Å²) in [5, 5.41) is 0.712. The highest BCUT2D eigenvalue weighted by Crippen LogP contribution is 2.37. The molecule has 1 heterocycles. The van der Waals surface area contributed by atoms with Crippen LogP contribution in [-0.4, -0.2) is 33.1 Å². The second-order valence-electron chi connectivity index (χ2n) is 6.30. The number of piperidine rings is 1. The van der Waals surface area contributed by atoms with E-state index in [0.29, 0.717) is 10.8 Å². The van der Waals surface area contributed by atoms with Crippen molar-refractivity contribution in [3.63, 3.8) is 0 Å². The number of amides is 1. The Balaban J connectivity index is 2.31. The average Bonchev–Trinajstić information content (AvgIpc) is 2.52. The van der Waals surface area contributed by atoms with Gasteiger partial charge in [0.05, 0.1) is 6.04 Å². The van der Waals surface area contributed by atoms with Crippen molar-refractivity contribution in [3.05, 3.63) is 34.9 Å². The third-order valence-electron chi connectivity index (χ3n) is 4.75. The van der Waals surface area contributed by atoms with E-state index < -0.39 is 10.8 Å². The van der Waals surface area contributed by atoms with E-state index in [9.17, 15) is 9.00 Å². The number of hydrogen-bond donors (Lipinski definition) is 0. The average molecular weight is 356 g/mol. The van der Waals surface area contributed by atoms with Gasteiger partial charge in [-0.3, -0.25) is 9.00 Å². The quantitative estimate of drug-likeness (QED) is 0.767. The number of benzene rings is 1. The number of rotatable bonds is 6. The lowest BCUT2D eigenvalue weighted by Gasteiger charge is -2.44. The molecule has 128 valence electrons.